The fourth-order valence-electron chi connectivity index (χ4n) is 4.21. The Hall–Kier alpha value is -3.36. The van der Waals surface area contributed by atoms with Crippen molar-refractivity contribution in [2.24, 2.45) is 0 Å². The summed E-state index contributed by atoms with van der Waals surface area (Å²) in [4.78, 5) is 27.6. The monoisotopic (exact) mass is 487 g/mol. The number of furan rings is 1. The van der Waals surface area contributed by atoms with E-state index in [1.807, 2.05) is 18.2 Å². The summed E-state index contributed by atoms with van der Waals surface area (Å²) in [5, 5.41) is 10.0. The van der Waals surface area contributed by atoms with Crippen LogP contribution in [-0.2, 0) is 6.42 Å². The largest absolute Gasteiger partial charge is 0.478 e. The fraction of sp³-hybridized carbons (Fsp3) is 0.419. The van der Waals surface area contributed by atoms with Crippen LogP contribution in [0.1, 0.15) is 96.9 Å². The van der Waals surface area contributed by atoms with Gasteiger partial charge in [-0.3, -0.25) is 9.69 Å². The summed E-state index contributed by atoms with van der Waals surface area (Å²) < 4.78 is 6.02. The van der Waals surface area contributed by atoms with Crippen LogP contribution in [0.3, 0.4) is 0 Å². The molecule has 0 aliphatic rings. The van der Waals surface area contributed by atoms with Crippen LogP contribution >= 0.6 is 0 Å². The molecule has 3 aromatic rings. The van der Waals surface area contributed by atoms with Crippen LogP contribution in [-0.4, -0.2) is 41.4 Å². The molecule has 0 unspecified atom stereocenters. The lowest BCUT2D eigenvalue weighted by molar-refractivity contribution is 0.0696. The van der Waals surface area contributed by atoms with Crippen LogP contribution in [0, 0.1) is 11.8 Å². The van der Waals surface area contributed by atoms with Crippen molar-refractivity contribution in [1.82, 2.24) is 4.90 Å². The number of ketones is 1. The Balaban J connectivity index is 1.90. The average Bonchev–Trinajstić information content (AvgIpc) is 3.25. The van der Waals surface area contributed by atoms with Gasteiger partial charge in [0.1, 0.15) is 11.3 Å². The number of hydrogen-bond acceptors (Lipinski definition) is 4. The Morgan fingerprint density at radius 3 is 2.31 bits per heavy atom. The Bertz CT molecular complexity index is 1240. The van der Waals surface area contributed by atoms with Gasteiger partial charge in [-0.05, 0) is 62.7 Å². The number of hydrogen-bond donors (Lipinski definition) is 1. The van der Waals surface area contributed by atoms with E-state index in [-0.39, 0.29) is 11.3 Å². The molecule has 5 nitrogen and oxygen atoms in total. The van der Waals surface area contributed by atoms with E-state index in [1.54, 1.807) is 12.1 Å². The van der Waals surface area contributed by atoms with E-state index in [4.69, 9.17) is 4.42 Å². The van der Waals surface area contributed by atoms with Gasteiger partial charge in [0, 0.05) is 22.9 Å². The van der Waals surface area contributed by atoms with E-state index in [1.165, 1.54) is 12.1 Å². The van der Waals surface area contributed by atoms with Gasteiger partial charge >= 0.3 is 5.97 Å². The van der Waals surface area contributed by atoms with Gasteiger partial charge in [0.25, 0.3) is 0 Å². The summed E-state index contributed by atoms with van der Waals surface area (Å²) in [5.74, 6) is 5.93. The molecular weight excluding hydrogens is 450 g/mol. The zero-order chi connectivity index (χ0) is 25.9. The van der Waals surface area contributed by atoms with Crippen molar-refractivity contribution in [3.63, 3.8) is 0 Å². The van der Waals surface area contributed by atoms with Crippen LogP contribution in [0.15, 0.2) is 46.9 Å². The maximum absolute atomic E-state index is 13.7. The van der Waals surface area contributed by atoms with Crippen LogP contribution in [0.25, 0.3) is 11.0 Å². The lowest BCUT2D eigenvalue weighted by atomic mass is 9.96. The van der Waals surface area contributed by atoms with Gasteiger partial charge in [0.2, 0.25) is 0 Å². The number of carboxylic acid groups (broad SMARTS) is 1. The van der Waals surface area contributed by atoms with E-state index in [2.05, 4.69) is 37.5 Å². The Morgan fingerprint density at radius 1 is 0.917 bits per heavy atom. The van der Waals surface area contributed by atoms with Crippen molar-refractivity contribution in [2.75, 3.05) is 19.6 Å². The third kappa shape index (κ3) is 7.08. The Morgan fingerprint density at radius 2 is 1.64 bits per heavy atom. The summed E-state index contributed by atoms with van der Waals surface area (Å²) in [6.45, 7) is 9.30. The van der Waals surface area contributed by atoms with Crippen LogP contribution in [0.4, 0.5) is 0 Å². The van der Waals surface area contributed by atoms with E-state index in [9.17, 15) is 14.7 Å². The first-order chi connectivity index (χ1) is 17.5. The Kier molecular flexibility index (Phi) is 10.3. The molecule has 0 atom stereocenters. The number of unbranched alkanes of at least 4 members (excludes halogenated alkanes) is 3. The summed E-state index contributed by atoms with van der Waals surface area (Å²) in [6.07, 6.45) is 7.12. The molecule has 0 spiro atoms. The van der Waals surface area contributed by atoms with Crippen molar-refractivity contribution < 1.29 is 19.1 Å². The number of carbonyl (C=O) groups excluding carboxylic acids is 1. The van der Waals surface area contributed by atoms with Gasteiger partial charge in [-0.25, -0.2) is 4.79 Å². The topological polar surface area (TPSA) is 70.7 Å². The summed E-state index contributed by atoms with van der Waals surface area (Å²) in [7, 11) is 0. The highest BCUT2D eigenvalue weighted by Gasteiger charge is 2.23. The molecule has 5 heteroatoms. The summed E-state index contributed by atoms with van der Waals surface area (Å²) in [5.41, 5.74) is 2.44. The number of nitrogens with zero attached hydrogens (tertiary/aromatic N) is 1. The predicted octanol–water partition coefficient (Wildman–Crippen LogP) is 6.96. The van der Waals surface area contributed by atoms with Crippen molar-refractivity contribution >= 4 is 22.7 Å². The third-order valence-electron chi connectivity index (χ3n) is 6.31. The second-order valence-electron chi connectivity index (χ2n) is 9.21. The third-order valence-corrected chi connectivity index (χ3v) is 6.31. The first-order valence-corrected chi connectivity index (χ1v) is 13.1. The van der Waals surface area contributed by atoms with E-state index in [0.717, 1.165) is 57.2 Å². The molecule has 3 rings (SSSR count). The zero-order valence-corrected chi connectivity index (χ0v) is 21.7. The lowest BCUT2D eigenvalue weighted by Gasteiger charge is -2.18. The minimum Gasteiger partial charge on any atom is -0.478 e. The molecule has 0 radical (unpaired) electrons. The highest BCUT2D eigenvalue weighted by Crippen LogP contribution is 2.30. The number of aryl methyl sites for hydroxylation is 1. The minimum absolute atomic E-state index is 0.134. The Labute approximate surface area is 214 Å². The number of aromatic carboxylic acids is 1. The molecule has 2 aromatic carbocycles. The van der Waals surface area contributed by atoms with Gasteiger partial charge in [-0.2, -0.15) is 0 Å². The molecule has 1 aromatic heterocycles. The average molecular weight is 488 g/mol. The maximum atomic E-state index is 13.7. The second kappa shape index (κ2) is 13.7. The van der Waals surface area contributed by atoms with Crippen LogP contribution in [0.5, 0.6) is 0 Å². The number of rotatable bonds is 13. The number of fused-ring (bicyclic) bond motifs is 1. The zero-order valence-electron chi connectivity index (χ0n) is 21.7. The van der Waals surface area contributed by atoms with Crippen LogP contribution in [0.2, 0.25) is 0 Å². The van der Waals surface area contributed by atoms with Gasteiger partial charge < -0.3 is 9.52 Å². The molecule has 1 heterocycles. The quantitative estimate of drug-likeness (QED) is 0.208. The molecule has 0 fully saturated rings. The van der Waals surface area contributed by atoms with Gasteiger partial charge in [-0.15, -0.1) is 0 Å². The van der Waals surface area contributed by atoms with Crippen molar-refractivity contribution in [3.05, 3.63) is 70.5 Å². The lowest BCUT2D eigenvalue weighted by Crippen LogP contribution is -2.26. The molecular formula is C31H37NO4. The van der Waals surface area contributed by atoms with Crippen LogP contribution < -0.4 is 0 Å². The fourth-order valence-corrected chi connectivity index (χ4v) is 4.21. The molecule has 0 amide bonds. The van der Waals surface area contributed by atoms with Crippen molar-refractivity contribution in [1.29, 1.82) is 0 Å². The van der Waals surface area contributed by atoms with Gasteiger partial charge in [-0.1, -0.05) is 64.0 Å². The number of carboxylic acids is 1. The smallest absolute Gasteiger partial charge is 0.335 e. The molecule has 0 saturated heterocycles. The first-order valence-electron chi connectivity index (χ1n) is 13.1. The summed E-state index contributed by atoms with van der Waals surface area (Å²) in [6, 6.07) is 12.0. The molecule has 36 heavy (non-hydrogen) atoms. The second-order valence-corrected chi connectivity index (χ2v) is 9.21. The molecule has 0 saturated carbocycles. The van der Waals surface area contributed by atoms with E-state index in [0.29, 0.717) is 40.8 Å². The highest BCUT2D eigenvalue weighted by molar-refractivity contribution is 6.17. The molecule has 0 aliphatic carbocycles. The minimum atomic E-state index is -1.03. The first kappa shape index (κ1) is 27.2. The van der Waals surface area contributed by atoms with Gasteiger partial charge in [0.05, 0.1) is 17.7 Å². The van der Waals surface area contributed by atoms with E-state index >= 15 is 0 Å². The number of carbonyl (C=O) groups is 2. The SMILES string of the molecule is CCCCc1oc2ccc(C(=O)O)cc2c1C(=O)c1cccc(C#CCN(CCCC)CCCC)c1. The van der Waals surface area contributed by atoms with Crippen molar-refractivity contribution in [2.45, 2.75) is 65.7 Å². The van der Waals surface area contributed by atoms with Crippen molar-refractivity contribution in [3.8, 4) is 11.8 Å². The molecule has 1 N–H and O–H groups in total. The van der Waals surface area contributed by atoms with E-state index < -0.39 is 5.97 Å². The highest BCUT2D eigenvalue weighted by atomic mass is 16.4. The molecule has 0 aliphatic heterocycles. The maximum Gasteiger partial charge on any atom is 0.335 e. The number of benzene rings is 2. The van der Waals surface area contributed by atoms with Gasteiger partial charge in [0.15, 0.2) is 5.78 Å². The molecule has 0 bridgehead atoms. The predicted molar refractivity (Wildman–Crippen MR) is 145 cm³/mol. The normalized spacial score (nSPS) is 11.0. The molecule has 190 valence electrons. The standard InChI is InChI=1S/C31H37NO4/c1-4-7-15-28-29(26-22-25(31(34)35)16-17-27(26)36-28)30(33)24-14-10-12-23(21-24)13-11-20-32(18-8-5-2)19-9-6-3/h10,12,14,16-17,21-22H,4-9,15,18-20H2,1-3H3,(H,34,35). The summed E-state index contributed by atoms with van der Waals surface area (Å²) >= 11 is 0.